The fraction of sp³-hybridized carbons (Fsp3) is 0.538. The standard InChI is InChI=1S/C26H32N2O5/c1-15(26-12-16-7-17(13-26)9-18(8-16)14-26)27-24(29)19-10-20(23(32-3)22(11-19)31-2)28-25(30)21-5-4-6-33-21/h4-6,10-11,15-18H,7-9,12-14H2,1-3H3,(H,27,29)(H,28,30)/t15-,16?,17?,18?,26?/m1/s1. The lowest BCUT2D eigenvalue weighted by Crippen LogP contribution is -2.55. The first-order valence-electron chi connectivity index (χ1n) is 11.8. The summed E-state index contributed by atoms with van der Waals surface area (Å²) in [4.78, 5) is 25.9. The Kier molecular flexibility index (Phi) is 5.59. The van der Waals surface area contributed by atoms with Crippen LogP contribution in [-0.4, -0.2) is 32.1 Å². The van der Waals surface area contributed by atoms with E-state index in [2.05, 4.69) is 17.6 Å². The van der Waals surface area contributed by atoms with Crippen molar-refractivity contribution < 1.29 is 23.5 Å². The van der Waals surface area contributed by atoms with Crippen molar-refractivity contribution in [3.8, 4) is 11.5 Å². The van der Waals surface area contributed by atoms with E-state index in [4.69, 9.17) is 13.9 Å². The molecule has 4 aliphatic carbocycles. The van der Waals surface area contributed by atoms with Crippen LogP contribution in [0.5, 0.6) is 11.5 Å². The van der Waals surface area contributed by atoms with Gasteiger partial charge in [0.25, 0.3) is 11.8 Å². The van der Waals surface area contributed by atoms with Crippen LogP contribution in [0.3, 0.4) is 0 Å². The van der Waals surface area contributed by atoms with E-state index in [1.165, 1.54) is 59.0 Å². The van der Waals surface area contributed by atoms with E-state index in [0.29, 0.717) is 22.7 Å². The molecular formula is C26H32N2O5. The second-order valence-corrected chi connectivity index (χ2v) is 10.2. The second kappa shape index (κ2) is 8.43. The molecule has 2 aromatic rings. The van der Waals surface area contributed by atoms with Crippen LogP contribution < -0.4 is 20.1 Å². The molecule has 4 bridgehead atoms. The monoisotopic (exact) mass is 452 g/mol. The van der Waals surface area contributed by atoms with E-state index < -0.39 is 5.91 Å². The molecule has 4 fully saturated rings. The van der Waals surface area contributed by atoms with Gasteiger partial charge in [0.2, 0.25) is 0 Å². The van der Waals surface area contributed by atoms with Crippen LogP contribution in [0.15, 0.2) is 34.9 Å². The number of hydrogen-bond donors (Lipinski definition) is 2. The number of rotatable bonds is 7. The zero-order valence-corrected chi connectivity index (χ0v) is 19.5. The fourth-order valence-electron chi connectivity index (χ4n) is 6.92. The van der Waals surface area contributed by atoms with Gasteiger partial charge in [-0.15, -0.1) is 0 Å². The van der Waals surface area contributed by atoms with Gasteiger partial charge in [-0.25, -0.2) is 0 Å². The van der Waals surface area contributed by atoms with Crippen molar-refractivity contribution in [1.29, 1.82) is 0 Å². The summed E-state index contributed by atoms with van der Waals surface area (Å²) in [5, 5.41) is 6.06. The molecule has 7 heteroatoms. The molecule has 33 heavy (non-hydrogen) atoms. The van der Waals surface area contributed by atoms with Crippen molar-refractivity contribution >= 4 is 17.5 Å². The maximum Gasteiger partial charge on any atom is 0.291 e. The fourth-order valence-corrected chi connectivity index (χ4v) is 6.92. The Hall–Kier alpha value is -2.96. The predicted octanol–water partition coefficient (Wildman–Crippen LogP) is 4.88. The molecule has 7 nitrogen and oxygen atoms in total. The number of amides is 2. The number of carbonyl (C=O) groups is 2. The van der Waals surface area contributed by atoms with Crippen molar-refractivity contribution in [1.82, 2.24) is 5.32 Å². The van der Waals surface area contributed by atoms with E-state index >= 15 is 0 Å². The minimum atomic E-state index is -0.431. The van der Waals surface area contributed by atoms with Crippen LogP contribution in [0.2, 0.25) is 0 Å². The maximum absolute atomic E-state index is 13.3. The van der Waals surface area contributed by atoms with E-state index in [0.717, 1.165) is 17.8 Å². The number of benzene rings is 1. The average molecular weight is 453 g/mol. The van der Waals surface area contributed by atoms with Gasteiger partial charge in [-0.05, 0) is 92.9 Å². The summed E-state index contributed by atoms with van der Waals surface area (Å²) in [5.41, 5.74) is 0.974. The minimum Gasteiger partial charge on any atom is -0.493 e. The van der Waals surface area contributed by atoms with Gasteiger partial charge in [0.1, 0.15) is 0 Å². The summed E-state index contributed by atoms with van der Waals surface area (Å²) >= 11 is 0. The number of ether oxygens (including phenoxy) is 2. The highest BCUT2D eigenvalue weighted by molar-refractivity contribution is 6.05. The van der Waals surface area contributed by atoms with Crippen LogP contribution >= 0.6 is 0 Å². The third-order valence-electron chi connectivity index (χ3n) is 8.09. The summed E-state index contributed by atoms with van der Waals surface area (Å²) in [6.07, 6.45) is 9.20. The van der Waals surface area contributed by atoms with E-state index in [1.807, 2.05) is 0 Å². The van der Waals surface area contributed by atoms with Crippen LogP contribution in [-0.2, 0) is 0 Å². The van der Waals surface area contributed by atoms with Crippen LogP contribution in [0.4, 0.5) is 5.69 Å². The Morgan fingerprint density at radius 3 is 2.24 bits per heavy atom. The lowest BCUT2D eigenvalue weighted by atomic mass is 9.48. The third-order valence-corrected chi connectivity index (χ3v) is 8.09. The Balaban J connectivity index is 1.38. The SMILES string of the molecule is COc1cc(C(=O)N[C@H](C)C23CC4CC(CC(C4)C2)C3)cc(NC(=O)c2ccco2)c1OC. The predicted molar refractivity (Wildman–Crippen MR) is 124 cm³/mol. The topological polar surface area (TPSA) is 89.8 Å². The molecule has 6 rings (SSSR count). The number of methoxy groups -OCH3 is 2. The van der Waals surface area contributed by atoms with Crippen molar-refractivity contribution in [2.24, 2.45) is 23.2 Å². The van der Waals surface area contributed by atoms with E-state index in [9.17, 15) is 9.59 Å². The largest absolute Gasteiger partial charge is 0.493 e. The number of nitrogens with one attached hydrogen (secondary N) is 2. The molecule has 1 atom stereocenters. The molecular weight excluding hydrogens is 420 g/mol. The Morgan fingerprint density at radius 1 is 1.03 bits per heavy atom. The molecule has 2 amide bonds. The van der Waals surface area contributed by atoms with Crippen molar-refractivity contribution in [3.05, 3.63) is 41.9 Å². The quantitative estimate of drug-likeness (QED) is 0.625. The highest BCUT2D eigenvalue weighted by Gasteiger charge is 2.53. The van der Waals surface area contributed by atoms with Gasteiger partial charge < -0.3 is 24.5 Å². The smallest absolute Gasteiger partial charge is 0.291 e. The molecule has 4 saturated carbocycles. The summed E-state index contributed by atoms with van der Waals surface area (Å²) in [7, 11) is 3.00. The van der Waals surface area contributed by atoms with Gasteiger partial charge in [0.15, 0.2) is 17.3 Å². The molecule has 1 heterocycles. The summed E-state index contributed by atoms with van der Waals surface area (Å²) in [6.45, 7) is 2.16. The summed E-state index contributed by atoms with van der Waals surface area (Å²) < 4.78 is 16.1. The van der Waals surface area contributed by atoms with Crippen molar-refractivity contribution in [2.45, 2.75) is 51.5 Å². The lowest BCUT2D eigenvalue weighted by Gasteiger charge is -2.59. The maximum atomic E-state index is 13.3. The van der Waals surface area contributed by atoms with E-state index in [-0.39, 0.29) is 23.1 Å². The number of furan rings is 1. The summed E-state index contributed by atoms with van der Waals surface area (Å²) in [6, 6.07) is 6.59. The zero-order valence-electron chi connectivity index (χ0n) is 19.5. The van der Waals surface area contributed by atoms with Crippen molar-refractivity contribution in [3.63, 3.8) is 0 Å². The van der Waals surface area contributed by atoms with Crippen LogP contribution in [0.25, 0.3) is 0 Å². The molecule has 1 aromatic carbocycles. The second-order valence-electron chi connectivity index (χ2n) is 10.2. The Labute approximate surface area is 194 Å². The average Bonchev–Trinajstić information content (AvgIpc) is 3.32. The van der Waals surface area contributed by atoms with Gasteiger partial charge >= 0.3 is 0 Å². The highest BCUT2D eigenvalue weighted by Crippen LogP contribution is 2.61. The van der Waals surface area contributed by atoms with Gasteiger partial charge in [-0.1, -0.05) is 0 Å². The van der Waals surface area contributed by atoms with Crippen LogP contribution in [0, 0.1) is 23.2 Å². The Morgan fingerprint density at radius 2 is 1.70 bits per heavy atom. The zero-order chi connectivity index (χ0) is 23.2. The number of hydrogen-bond acceptors (Lipinski definition) is 5. The van der Waals surface area contributed by atoms with Gasteiger partial charge in [-0.3, -0.25) is 9.59 Å². The number of anilines is 1. The number of carbonyl (C=O) groups excluding carboxylic acids is 2. The molecule has 0 saturated heterocycles. The molecule has 4 aliphatic rings. The molecule has 0 unspecified atom stereocenters. The molecule has 0 spiro atoms. The third kappa shape index (κ3) is 3.98. The van der Waals surface area contributed by atoms with Gasteiger partial charge in [0.05, 0.1) is 26.2 Å². The first kappa shape index (κ1) is 21.9. The first-order chi connectivity index (χ1) is 15.9. The Bertz CT molecular complexity index is 1010. The highest BCUT2D eigenvalue weighted by atomic mass is 16.5. The summed E-state index contributed by atoms with van der Waals surface area (Å²) in [5.74, 6) is 2.75. The molecule has 0 radical (unpaired) electrons. The van der Waals surface area contributed by atoms with Crippen molar-refractivity contribution in [2.75, 3.05) is 19.5 Å². The van der Waals surface area contributed by atoms with Crippen LogP contribution in [0.1, 0.15) is 66.4 Å². The minimum absolute atomic E-state index is 0.0904. The normalized spacial score (nSPS) is 28.3. The lowest BCUT2D eigenvalue weighted by molar-refractivity contribution is -0.0688. The first-order valence-corrected chi connectivity index (χ1v) is 11.8. The van der Waals surface area contributed by atoms with Gasteiger partial charge in [0, 0.05) is 11.6 Å². The molecule has 176 valence electrons. The van der Waals surface area contributed by atoms with E-state index in [1.54, 1.807) is 24.3 Å². The molecule has 0 aliphatic heterocycles. The molecule has 1 aromatic heterocycles. The molecule has 2 N–H and O–H groups in total. The van der Waals surface area contributed by atoms with Gasteiger partial charge in [-0.2, -0.15) is 0 Å².